The Balaban J connectivity index is 0.711. The van der Waals surface area contributed by atoms with Crippen LogP contribution in [0.2, 0.25) is 0 Å². The monoisotopic (exact) mass is 1070 g/mol. The largest absolute Gasteiger partial charge is 0.508 e. The molecule has 4 aliphatic rings. The van der Waals surface area contributed by atoms with Crippen LogP contribution in [0.25, 0.3) is 43.6 Å². The lowest BCUT2D eigenvalue weighted by molar-refractivity contribution is -0.144. The molecule has 0 spiro atoms. The van der Waals surface area contributed by atoms with Gasteiger partial charge in [-0.2, -0.15) is 9.97 Å². The van der Waals surface area contributed by atoms with Crippen molar-refractivity contribution in [3.8, 4) is 33.6 Å². The number of aromatic hydroxyl groups is 1. The number of carbonyl (C=O) groups excluding carboxylic acids is 3. The molecule has 3 amide bonds. The number of piperazine rings is 1. The van der Waals surface area contributed by atoms with E-state index in [2.05, 4.69) is 50.6 Å². The van der Waals surface area contributed by atoms with Crippen LogP contribution in [0.5, 0.6) is 11.8 Å². The van der Waals surface area contributed by atoms with Crippen molar-refractivity contribution in [2.45, 2.75) is 123 Å². The number of ether oxygens (including phenoxy) is 2. The zero-order chi connectivity index (χ0) is 54.0. The molecule has 3 aromatic heterocycles. The van der Waals surface area contributed by atoms with Gasteiger partial charge in [0, 0.05) is 56.4 Å². The fraction of sp³-hybridized carbons (Fsp3) is 0.517. The normalized spacial score (nSPS) is 20.9. The molecule has 3 aromatic carbocycles. The number of phenols is 1. The number of fused-ring (bicyclic) bond motifs is 4. The Morgan fingerprint density at radius 1 is 0.922 bits per heavy atom. The number of carbonyl (C=O) groups is 3. The number of hydrogen-bond donors (Lipinski definition) is 5. The molecule has 0 saturated carbocycles. The van der Waals surface area contributed by atoms with Gasteiger partial charge in [0.2, 0.25) is 17.7 Å². The number of thiazole rings is 1. The Hall–Kier alpha value is -6.38. The molecule has 10 rings (SSSR count). The predicted molar refractivity (Wildman–Crippen MR) is 298 cm³/mol. The number of β-amino-alcohol motifs (C(OH)–C–C–N with tert-alkyl or cyclic N) is 1. The Bertz CT molecular complexity index is 3070. The summed E-state index contributed by atoms with van der Waals surface area (Å²) in [4.78, 5) is 72.9. The predicted octanol–water partition coefficient (Wildman–Crippen LogP) is 6.61. The van der Waals surface area contributed by atoms with Crippen molar-refractivity contribution in [3.05, 3.63) is 83.1 Å². The van der Waals surface area contributed by atoms with Gasteiger partial charge in [0.05, 0.1) is 40.2 Å². The number of aliphatic hydroxyl groups excluding tert-OH is 1. The average molecular weight is 1070 g/mol. The summed E-state index contributed by atoms with van der Waals surface area (Å²) in [6.07, 6.45) is 6.71. The summed E-state index contributed by atoms with van der Waals surface area (Å²) >= 11 is 1.60. The van der Waals surface area contributed by atoms with E-state index in [0.29, 0.717) is 43.3 Å². The highest BCUT2D eigenvalue weighted by Crippen LogP contribution is 2.37. The fourth-order valence-corrected chi connectivity index (χ4v) is 12.5. The number of benzene rings is 3. The van der Waals surface area contributed by atoms with Crippen LogP contribution in [-0.2, 0) is 32.0 Å². The van der Waals surface area contributed by atoms with Gasteiger partial charge in [-0.25, -0.2) is 15.0 Å². The third-order valence-electron chi connectivity index (χ3n) is 15.8. The van der Waals surface area contributed by atoms with Gasteiger partial charge in [0.25, 0.3) is 0 Å². The van der Waals surface area contributed by atoms with E-state index >= 15 is 0 Å². The van der Waals surface area contributed by atoms with E-state index in [1.54, 1.807) is 23.5 Å². The first kappa shape index (κ1) is 54.0. The van der Waals surface area contributed by atoms with Crippen LogP contribution >= 0.6 is 11.3 Å². The van der Waals surface area contributed by atoms with Crippen molar-refractivity contribution >= 4 is 56.7 Å². The van der Waals surface area contributed by atoms with Gasteiger partial charge in [0.1, 0.15) is 36.9 Å². The number of aryl methyl sites for hydroxylation is 2. The fourth-order valence-electron chi connectivity index (χ4n) is 11.6. The Morgan fingerprint density at radius 3 is 2.42 bits per heavy atom. The number of piperidine rings is 1. The summed E-state index contributed by atoms with van der Waals surface area (Å²) in [6.45, 7) is 16.3. The van der Waals surface area contributed by atoms with Crippen LogP contribution in [0.1, 0.15) is 96.5 Å². The SMILES string of the molecule is CCc1ncsc1-c1ccc([C@H](C)NC(=O)[C@@H]2C[C@@H](O)CN2C(=O)[C@@H](NC(=O)COCC2CCN(CCOc3nc(N4CC5CCC(C4)N5)c4cnc(-c5cc(O)cc6cccc(CC)c56)nc4n3)CC2)C(C)(C)C)cc1. The van der Waals surface area contributed by atoms with Crippen LogP contribution < -0.4 is 25.6 Å². The van der Waals surface area contributed by atoms with Crippen molar-refractivity contribution in [3.63, 3.8) is 0 Å². The van der Waals surface area contributed by atoms with Gasteiger partial charge in [-0.1, -0.05) is 77.1 Å². The summed E-state index contributed by atoms with van der Waals surface area (Å²) in [7, 11) is 0. The average Bonchev–Trinajstić information content (AvgIpc) is 4.19. The zero-order valence-corrected chi connectivity index (χ0v) is 45.9. The first-order valence-electron chi connectivity index (χ1n) is 27.5. The number of rotatable bonds is 18. The maximum atomic E-state index is 14.3. The number of anilines is 1. The number of aliphatic hydroxyl groups is 1. The molecule has 5 N–H and O–H groups in total. The summed E-state index contributed by atoms with van der Waals surface area (Å²) in [5.74, 6) is 0.452. The molecular formula is C58H73N11O7S. The van der Waals surface area contributed by atoms with Gasteiger partial charge >= 0.3 is 6.01 Å². The third-order valence-corrected chi connectivity index (χ3v) is 16.7. The second kappa shape index (κ2) is 23.3. The van der Waals surface area contributed by atoms with Gasteiger partial charge in [-0.15, -0.1) is 11.3 Å². The molecule has 408 valence electrons. The van der Waals surface area contributed by atoms with Crippen LogP contribution in [0.15, 0.2) is 66.3 Å². The van der Waals surface area contributed by atoms with E-state index in [-0.39, 0.29) is 49.2 Å². The molecule has 0 aliphatic carbocycles. The Morgan fingerprint density at radius 2 is 1.69 bits per heavy atom. The van der Waals surface area contributed by atoms with Gasteiger partial charge in [-0.05, 0) is 109 Å². The van der Waals surface area contributed by atoms with E-state index in [4.69, 9.17) is 29.4 Å². The quantitative estimate of drug-likeness (QED) is 0.0612. The molecule has 2 unspecified atom stereocenters. The van der Waals surface area contributed by atoms with Crippen LogP contribution in [0, 0.1) is 11.3 Å². The minimum Gasteiger partial charge on any atom is -0.508 e. The first-order chi connectivity index (χ1) is 37.1. The van der Waals surface area contributed by atoms with Crippen molar-refractivity contribution in [2.24, 2.45) is 11.3 Å². The molecule has 18 nitrogen and oxygen atoms in total. The molecule has 6 atom stereocenters. The molecule has 77 heavy (non-hydrogen) atoms. The molecule has 4 aliphatic heterocycles. The topological polar surface area (TPSA) is 220 Å². The summed E-state index contributed by atoms with van der Waals surface area (Å²) < 4.78 is 12.3. The lowest BCUT2D eigenvalue weighted by atomic mass is 9.85. The minimum atomic E-state index is -0.955. The molecule has 4 fully saturated rings. The van der Waals surface area contributed by atoms with Crippen molar-refractivity contribution in [1.29, 1.82) is 0 Å². The number of nitrogens with zero attached hydrogens (tertiary/aromatic N) is 8. The third kappa shape index (κ3) is 12.2. The molecule has 4 saturated heterocycles. The number of likely N-dealkylation sites (tertiary alicyclic amines) is 2. The van der Waals surface area contributed by atoms with E-state index in [1.807, 2.05) is 75.8 Å². The molecule has 6 aromatic rings. The van der Waals surface area contributed by atoms with Gasteiger partial charge < -0.3 is 45.4 Å². The van der Waals surface area contributed by atoms with Crippen molar-refractivity contribution in [2.75, 3.05) is 64.0 Å². The molecule has 2 bridgehead atoms. The standard InChI is InChI=1S/C58H73N11O7S/c1-7-36-10-9-11-39-24-42(70)25-44(49(36)39)52-59-27-45-53(64-52)65-57(66-54(45)68-28-40-16-17-41(29-68)62-40)76-23-22-67-20-18-35(19-21-67)31-75-32-48(72)63-51(58(4,5)6)56(74)69-30-43(71)26-47(69)55(73)61-34(3)37-12-14-38(15-13-37)50-46(8-2)60-33-77-50/h9-15,24-25,27,33-35,40-41,43,47,51,62,70-71H,7-8,16-23,26,28-32H2,1-6H3,(H,61,73)(H,63,72)/t34-,40?,41?,43+,47-,51+/m0/s1. The Kier molecular flexibility index (Phi) is 16.3. The maximum absolute atomic E-state index is 14.3. The second-order valence-corrected chi connectivity index (χ2v) is 23.3. The zero-order valence-electron chi connectivity index (χ0n) is 45.1. The lowest BCUT2D eigenvalue weighted by Gasteiger charge is -2.35. The summed E-state index contributed by atoms with van der Waals surface area (Å²) in [5.41, 5.74) is 6.58. The number of hydrogen-bond acceptors (Lipinski definition) is 16. The smallest absolute Gasteiger partial charge is 0.320 e. The van der Waals surface area contributed by atoms with Gasteiger partial charge in [-0.3, -0.25) is 19.3 Å². The first-order valence-corrected chi connectivity index (χ1v) is 28.3. The maximum Gasteiger partial charge on any atom is 0.320 e. The van der Waals surface area contributed by atoms with E-state index in [1.165, 1.54) is 4.90 Å². The number of amides is 3. The number of phenolic OH excluding ortho intramolecular Hbond substituents is 1. The van der Waals surface area contributed by atoms with Crippen LogP contribution in [0.4, 0.5) is 5.82 Å². The van der Waals surface area contributed by atoms with E-state index < -0.39 is 35.4 Å². The lowest BCUT2D eigenvalue weighted by Crippen LogP contribution is -2.58. The molecule has 7 heterocycles. The Labute approximate surface area is 454 Å². The van der Waals surface area contributed by atoms with Crippen LogP contribution in [-0.4, -0.2) is 152 Å². The van der Waals surface area contributed by atoms with Crippen molar-refractivity contribution < 1.29 is 34.1 Å². The van der Waals surface area contributed by atoms with E-state index in [9.17, 15) is 24.6 Å². The van der Waals surface area contributed by atoms with E-state index in [0.717, 1.165) is 120 Å². The highest BCUT2D eigenvalue weighted by Gasteiger charge is 2.45. The highest BCUT2D eigenvalue weighted by molar-refractivity contribution is 7.13. The number of aromatic nitrogens is 5. The van der Waals surface area contributed by atoms with Gasteiger partial charge in [0.15, 0.2) is 11.5 Å². The molecule has 19 heteroatoms. The van der Waals surface area contributed by atoms with Crippen molar-refractivity contribution in [1.82, 2.24) is 50.7 Å². The highest BCUT2D eigenvalue weighted by atomic mass is 32.1. The van der Waals surface area contributed by atoms with Crippen LogP contribution in [0.3, 0.4) is 0 Å². The summed E-state index contributed by atoms with van der Waals surface area (Å²) in [5, 5.41) is 33.9. The minimum absolute atomic E-state index is 0.00937. The number of nitrogens with one attached hydrogen (secondary N) is 3. The second-order valence-electron chi connectivity index (χ2n) is 22.4. The molecule has 0 radical (unpaired) electrons. The summed E-state index contributed by atoms with van der Waals surface area (Å²) in [6, 6.07) is 16.5. The molecular weight excluding hydrogens is 995 g/mol.